The van der Waals surface area contributed by atoms with E-state index in [1.165, 1.54) is 21.0 Å². The summed E-state index contributed by atoms with van der Waals surface area (Å²) in [6.07, 6.45) is 0. The van der Waals surface area contributed by atoms with Crippen LogP contribution in [0.4, 0.5) is 0 Å². The van der Waals surface area contributed by atoms with Crippen molar-refractivity contribution in [3.8, 4) is 23.0 Å². The molecule has 33 heavy (non-hydrogen) atoms. The van der Waals surface area contributed by atoms with E-state index in [2.05, 4.69) is 60.7 Å². The fourth-order valence-corrected chi connectivity index (χ4v) is 6.33. The molecule has 4 nitrogen and oxygen atoms in total. The monoisotopic (exact) mass is 452 g/mol. The Bertz CT molecular complexity index is 1510. The van der Waals surface area contributed by atoms with E-state index in [0.717, 1.165) is 44.5 Å². The molecule has 0 spiro atoms. The zero-order valence-corrected chi connectivity index (χ0v) is 18.9. The largest absolute Gasteiger partial charge is 0.486 e. The number of fused-ring (bicyclic) bond motifs is 11. The maximum Gasteiger partial charge on any atom is 0.169 e. The molecular weight excluding hydrogens is 431 g/mol. The normalized spacial score (nSPS) is 14.5. The highest BCUT2D eigenvalue weighted by atomic mass is 31.0. The van der Waals surface area contributed by atoms with Crippen molar-refractivity contribution in [3.05, 3.63) is 72.8 Å². The summed E-state index contributed by atoms with van der Waals surface area (Å²) in [7, 11) is 0.526. The molecule has 0 unspecified atom stereocenters. The smallest absolute Gasteiger partial charge is 0.169 e. The van der Waals surface area contributed by atoms with Gasteiger partial charge in [0.25, 0.3) is 0 Å². The molecule has 0 atom stereocenters. The van der Waals surface area contributed by atoms with Gasteiger partial charge in [-0.25, -0.2) is 0 Å². The molecule has 1 aromatic heterocycles. The average Bonchev–Trinajstić information content (AvgIpc) is 2.93. The van der Waals surface area contributed by atoms with Crippen LogP contribution in [-0.2, 0) is 0 Å². The van der Waals surface area contributed by atoms with Gasteiger partial charge in [0, 0.05) is 10.8 Å². The summed E-state index contributed by atoms with van der Waals surface area (Å²) >= 11 is 0. The van der Waals surface area contributed by atoms with Gasteiger partial charge < -0.3 is 18.9 Å². The second-order valence-electron chi connectivity index (χ2n) is 8.24. The molecule has 3 heterocycles. The predicted octanol–water partition coefficient (Wildman–Crippen LogP) is 7.00. The fourth-order valence-electron chi connectivity index (χ4n) is 4.98. The van der Waals surface area contributed by atoms with Crippen LogP contribution in [0, 0.1) is 0 Å². The van der Waals surface area contributed by atoms with Gasteiger partial charge in [0.15, 0.2) is 23.0 Å². The van der Waals surface area contributed by atoms with Gasteiger partial charge in [-0.05, 0) is 56.0 Å². The van der Waals surface area contributed by atoms with Gasteiger partial charge in [-0.2, -0.15) is 0 Å². The minimum Gasteiger partial charge on any atom is -0.486 e. The lowest BCUT2D eigenvalue weighted by Gasteiger charge is -2.23. The molecule has 5 aromatic rings. The first-order chi connectivity index (χ1) is 16.4. The number of hydrogen-bond acceptors (Lipinski definition) is 4. The van der Waals surface area contributed by atoms with Crippen LogP contribution in [0.1, 0.15) is 0 Å². The predicted molar refractivity (Wildman–Crippen MR) is 136 cm³/mol. The quantitative estimate of drug-likeness (QED) is 0.254. The molecule has 0 bridgehead atoms. The second-order valence-corrected chi connectivity index (χ2v) is 9.57. The zero-order chi connectivity index (χ0) is 21.8. The first kappa shape index (κ1) is 18.9. The third kappa shape index (κ3) is 2.91. The van der Waals surface area contributed by atoms with Crippen LogP contribution < -0.4 is 18.9 Å². The molecule has 5 heteroatoms. The number of hydrogen-bond donors (Lipinski definition) is 0. The molecule has 4 aromatic carbocycles. The van der Waals surface area contributed by atoms with Crippen molar-refractivity contribution in [1.82, 2.24) is 0 Å². The average molecular weight is 452 g/mol. The summed E-state index contributed by atoms with van der Waals surface area (Å²) in [5.74, 6) is 3.10. The van der Waals surface area contributed by atoms with E-state index in [9.17, 15) is 0 Å². The first-order valence-corrected chi connectivity index (χ1v) is 12.2. The summed E-state index contributed by atoms with van der Waals surface area (Å²) in [5.41, 5.74) is 0. The number of benzene rings is 4. The molecule has 0 fully saturated rings. The van der Waals surface area contributed by atoms with Crippen molar-refractivity contribution in [1.29, 1.82) is 0 Å². The molecule has 2 aliphatic rings. The Balaban J connectivity index is 1.89. The zero-order valence-electron chi connectivity index (χ0n) is 17.9. The third-order valence-corrected chi connectivity index (χ3v) is 7.78. The molecule has 7 rings (SSSR count). The third-order valence-electron chi connectivity index (χ3n) is 6.37. The molecule has 0 aliphatic carbocycles. The van der Waals surface area contributed by atoms with Gasteiger partial charge in [0.05, 0.1) is 0 Å². The highest BCUT2D eigenvalue weighted by Gasteiger charge is 2.23. The van der Waals surface area contributed by atoms with Crippen LogP contribution in [-0.4, -0.2) is 26.4 Å². The number of rotatable bonds is 0. The van der Waals surface area contributed by atoms with Gasteiger partial charge in [0.1, 0.15) is 26.4 Å². The highest BCUT2D eigenvalue weighted by molar-refractivity contribution is 7.42. The second kappa shape index (κ2) is 7.47. The van der Waals surface area contributed by atoms with Gasteiger partial charge >= 0.3 is 0 Å². The first-order valence-electron chi connectivity index (χ1n) is 11.2. The molecule has 0 saturated heterocycles. The summed E-state index contributed by atoms with van der Waals surface area (Å²) in [6.45, 7) is 2.13. The Morgan fingerprint density at radius 3 is 1.42 bits per heavy atom. The Labute approximate surface area is 192 Å². The van der Waals surface area contributed by atoms with Crippen molar-refractivity contribution in [2.75, 3.05) is 26.4 Å². The minimum absolute atomic E-state index is 0.519. The van der Waals surface area contributed by atoms with Crippen molar-refractivity contribution < 1.29 is 18.9 Å². The van der Waals surface area contributed by atoms with Crippen LogP contribution >= 0.6 is 8.19 Å². The van der Waals surface area contributed by atoms with E-state index < -0.39 is 0 Å². The van der Waals surface area contributed by atoms with E-state index in [4.69, 9.17) is 18.9 Å². The van der Waals surface area contributed by atoms with E-state index in [1.54, 1.807) is 0 Å². The lowest BCUT2D eigenvalue weighted by molar-refractivity contribution is 0.172. The van der Waals surface area contributed by atoms with Crippen molar-refractivity contribution in [2.45, 2.75) is 0 Å². The van der Waals surface area contributed by atoms with Crippen LogP contribution in [0.3, 0.4) is 0 Å². The van der Waals surface area contributed by atoms with E-state index in [1.807, 2.05) is 12.1 Å². The summed E-state index contributed by atoms with van der Waals surface area (Å²) in [5, 5.41) is 9.30. The molecule has 0 amide bonds. The Hall–Kier alpha value is -3.62. The molecule has 162 valence electrons. The van der Waals surface area contributed by atoms with Crippen LogP contribution in [0.15, 0.2) is 72.8 Å². The van der Waals surface area contributed by atoms with Crippen LogP contribution in [0.25, 0.3) is 42.6 Å². The lowest BCUT2D eigenvalue weighted by atomic mass is 9.98. The summed E-state index contributed by atoms with van der Waals surface area (Å²) in [4.78, 5) is 0. The van der Waals surface area contributed by atoms with Crippen molar-refractivity contribution >= 4 is 50.7 Å². The maximum absolute atomic E-state index is 6.29. The highest BCUT2D eigenvalue weighted by Crippen LogP contribution is 2.49. The van der Waals surface area contributed by atoms with Crippen LogP contribution in [0.2, 0.25) is 0 Å². The minimum atomic E-state index is 0.519. The molecule has 0 radical (unpaired) electrons. The maximum atomic E-state index is 6.29. The standard InChI is InChI=1S/C28H21O4P/c1-3-7-23-17(5-1)19-9-11-21-27(31-15-13-29-21)25(19)26-20(18-6-2-4-8-24(18)33-23)10-12-22-28(26)32-16-14-30-22/h1-12,33H,13-16H2. The summed E-state index contributed by atoms with van der Waals surface area (Å²) in [6, 6.07) is 25.7. The van der Waals surface area contributed by atoms with Crippen LogP contribution in [0.5, 0.6) is 23.0 Å². The SMILES string of the molecule is c1ccc2c(c1)[pH]c1ccccc1c1ccc3c(c1c1c4c(ccc21)OCCO4)OCCO3. The van der Waals surface area contributed by atoms with Gasteiger partial charge in [0.2, 0.25) is 0 Å². The van der Waals surface area contributed by atoms with E-state index in [-0.39, 0.29) is 0 Å². The van der Waals surface area contributed by atoms with E-state index >= 15 is 0 Å². The Morgan fingerprint density at radius 1 is 0.455 bits per heavy atom. The Morgan fingerprint density at radius 2 is 0.909 bits per heavy atom. The fraction of sp³-hybridized carbons (Fsp3) is 0.143. The molecule has 2 aliphatic heterocycles. The topological polar surface area (TPSA) is 36.9 Å². The van der Waals surface area contributed by atoms with Gasteiger partial charge in [-0.3, -0.25) is 0 Å². The van der Waals surface area contributed by atoms with Gasteiger partial charge in [-0.15, -0.1) is 8.19 Å². The molecular formula is C28H21O4P. The van der Waals surface area contributed by atoms with Crippen molar-refractivity contribution in [2.24, 2.45) is 0 Å². The lowest BCUT2D eigenvalue weighted by Crippen LogP contribution is -2.16. The van der Waals surface area contributed by atoms with Gasteiger partial charge in [-0.1, -0.05) is 48.5 Å². The van der Waals surface area contributed by atoms with E-state index in [0.29, 0.717) is 34.6 Å². The summed E-state index contributed by atoms with van der Waals surface area (Å²) < 4.78 is 24.6. The number of ether oxygens (including phenoxy) is 4. The Kier molecular flexibility index (Phi) is 4.28. The molecule has 0 saturated carbocycles. The molecule has 0 N–H and O–H groups in total. The van der Waals surface area contributed by atoms with Crippen molar-refractivity contribution in [3.63, 3.8) is 0 Å².